The summed E-state index contributed by atoms with van der Waals surface area (Å²) in [6, 6.07) is -4.64. The fourth-order valence-electron chi connectivity index (χ4n) is 2.47. The highest BCUT2D eigenvalue weighted by Crippen LogP contribution is 2.05. The quantitative estimate of drug-likeness (QED) is 0.0953. The molecule has 0 spiro atoms. The van der Waals surface area contributed by atoms with E-state index in [9.17, 15) is 24.0 Å². The topological polar surface area (TPSA) is 220 Å². The number of carbonyl (C=O) groups is 5. The second kappa shape index (κ2) is 14.6. The van der Waals surface area contributed by atoms with Crippen LogP contribution in [0.3, 0.4) is 0 Å². The average Bonchev–Trinajstić information content (AvgIpc) is 2.69. The molecule has 0 fully saturated rings. The molecule has 0 aliphatic rings. The summed E-state index contributed by atoms with van der Waals surface area (Å²) in [4.78, 5) is 60.1. The fraction of sp³-hybridized carbons (Fsp3) is 0.722. The van der Waals surface area contributed by atoms with Crippen LogP contribution in [-0.2, 0) is 24.0 Å². The third-order valence-electron chi connectivity index (χ3n) is 4.44. The van der Waals surface area contributed by atoms with Crippen LogP contribution in [-0.4, -0.2) is 71.2 Å². The molecular formula is C18H34N6O6S. The molecule has 0 aliphatic carbocycles. The van der Waals surface area contributed by atoms with Crippen molar-refractivity contribution in [3.63, 3.8) is 0 Å². The molecule has 13 heteroatoms. The summed E-state index contributed by atoms with van der Waals surface area (Å²) >= 11 is 3.89. The van der Waals surface area contributed by atoms with Crippen LogP contribution < -0.4 is 33.2 Å². The Hall–Kier alpha value is -2.38. The molecule has 0 saturated heterocycles. The zero-order chi connectivity index (χ0) is 24.1. The molecule has 10 N–H and O–H groups in total. The van der Waals surface area contributed by atoms with Gasteiger partial charge in [0.15, 0.2) is 0 Å². The molecule has 0 radical (unpaired) electrons. The summed E-state index contributed by atoms with van der Waals surface area (Å²) in [5.41, 5.74) is 16.4. The summed E-state index contributed by atoms with van der Waals surface area (Å²) in [7, 11) is 0. The van der Waals surface area contributed by atoms with Crippen LogP contribution in [0, 0.1) is 5.92 Å². The summed E-state index contributed by atoms with van der Waals surface area (Å²) < 4.78 is 0. The van der Waals surface area contributed by atoms with Gasteiger partial charge in [0.2, 0.25) is 23.6 Å². The van der Waals surface area contributed by atoms with Gasteiger partial charge >= 0.3 is 5.97 Å². The molecule has 178 valence electrons. The van der Waals surface area contributed by atoms with E-state index in [1.807, 2.05) is 0 Å². The number of amides is 4. The van der Waals surface area contributed by atoms with E-state index in [0.29, 0.717) is 19.4 Å². The molecule has 0 saturated carbocycles. The van der Waals surface area contributed by atoms with E-state index >= 15 is 0 Å². The zero-order valence-electron chi connectivity index (χ0n) is 17.8. The number of nitrogens with one attached hydrogen (secondary N) is 3. The molecule has 4 amide bonds. The van der Waals surface area contributed by atoms with Crippen LogP contribution in [0.15, 0.2) is 0 Å². The molecule has 0 bridgehead atoms. The highest BCUT2D eigenvalue weighted by molar-refractivity contribution is 7.80. The van der Waals surface area contributed by atoms with E-state index in [-0.39, 0.29) is 18.1 Å². The SMILES string of the molecule is CC(C)C(N)C(=O)NC(CC(N)=O)C(=O)NC(CCCCN)C(=O)NC(CS)C(=O)O. The number of unbranched alkanes of at least 4 members (excludes halogenated alkanes) is 1. The number of hydrogen-bond donors (Lipinski definition) is 8. The van der Waals surface area contributed by atoms with Crippen molar-refractivity contribution in [2.75, 3.05) is 12.3 Å². The van der Waals surface area contributed by atoms with Gasteiger partial charge in [-0.25, -0.2) is 4.79 Å². The Morgan fingerprint density at radius 2 is 1.42 bits per heavy atom. The van der Waals surface area contributed by atoms with Gasteiger partial charge in [-0.15, -0.1) is 0 Å². The van der Waals surface area contributed by atoms with Gasteiger partial charge in [0, 0.05) is 5.75 Å². The largest absolute Gasteiger partial charge is 0.480 e. The Labute approximate surface area is 186 Å². The van der Waals surface area contributed by atoms with Crippen molar-refractivity contribution >= 4 is 42.2 Å². The molecule has 0 rings (SSSR count). The van der Waals surface area contributed by atoms with Gasteiger partial charge in [0.25, 0.3) is 0 Å². The lowest BCUT2D eigenvalue weighted by atomic mass is 10.0. The number of rotatable bonds is 15. The zero-order valence-corrected chi connectivity index (χ0v) is 18.7. The second-order valence-electron chi connectivity index (χ2n) is 7.43. The number of carboxylic acids is 1. The maximum atomic E-state index is 12.7. The van der Waals surface area contributed by atoms with Crippen LogP contribution in [0.4, 0.5) is 0 Å². The van der Waals surface area contributed by atoms with Gasteiger partial charge in [0.1, 0.15) is 18.1 Å². The van der Waals surface area contributed by atoms with Crippen LogP contribution in [0.5, 0.6) is 0 Å². The number of aliphatic carboxylic acids is 1. The van der Waals surface area contributed by atoms with Gasteiger partial charge in [-0.1, -0.05) is 13.8 Å². The minimum absolute atomic E-state index is 0.155. The van der Waals surface area contributed by atoms with E-state index in [2.05, 4.69) is 28.6 Å². The minimum atomic E-state index is -1.35. The molecule has 0 aromatic rings. The van der Waals surface area contributed by atoms with Crippen molar-refractivity contribution in [3.05, 3.63) is 0 Å². The summed E-state index contributed by atoms with van der Waals surface area (Å²) in [5, 5.41) is 16.2. The van der Waals surface area contributed by atoms with Gasteiger partial charge < -0.3 is 38.3 Å². The molecule has 4 unspecified atom stereocenters. The summed E-state index contributed by atoms with van der Waals surface area (Å²) in [6.45, 7) is 3.79. The number of carboxylic acid groups (broad SMARTS) is 1. The fourth-order valence-corrected chi connectivity index (χ4v) is 2.72. The third kappa shape index (κ3) is 11.0. The number of nitrogens with two attached hydrogens (primary N) is 3. The first-order valence-corrected chi connectivity index (χ1v) is 10.6. The van der Waals surface area contributed by atoms with Crippen molar-refractivity contribution in [3.8, 4) is 0 Å². The maximum absolute atomic E-state index is 12.7. The van der Waals surface area contributed by atoms with E-state index in [4.69, 9.17) is 22.3 Å². The molecule has 0 aromatic heterocycles. The lowest BCUT2D eigenvalue weighted by molar-refractivity contribution is -0.141. The molecular weight excluding hydrogens is 428 g/mol. The Balaban J connectivity index is 5.44. The number of thiol groups is 1. The maximum Gasteiger partial charge on any atom is 0.327 e. The van der Waals surface area contributed by atoms with Crippen molar-refractivity contribution < 1.29 is 29.1 Å². The highest BCUT2D eigenvalue weighted by atomic mass is 32.1. The monoisotopic (exact) mass is 462 g/mol. The van der Waals surface area contributed by atoms with E-state index in [0.717, 1.165) is 0 Å². The Bertz CT molecular complexity index is 647. The van der Waals surface area contributed by atoms with Crippen molar-refractivity contribution in [1.82, 2.24) is 16.0 Å². The predicted octanol–water partition coefficient (Wildman–Crippen LogP) is -2.56. The van der Waals surface area contributed by atoms with E-state index in [1.165, 1.54) is 0 Å². The van der Waals surface area contributed by atoms with Crippen molar-refractivity contribution in [2.45, 2.75) is 63.7 Å². The number of hydrogen-bond acceptors (Lipinski definition) is 8. The highest BCUT2D eigenvalue weighted by Gasteiger charge is 2.31. The van der Waals surface area contributed by atoms with Gasteiger partial charge in [-0.3, -0.25) is 19.2 Å². The Morgan fingerprint density at radius 3 is 1.87 bits per heavy atom. The van der Waals surface area contributed by atoms with Crippen LogP contribution in [0.1, 0.15) is 39.5 Å². The summed E-state index contributed by atoms with van der Waals surface area (Å²) in [5.74, 6) is -4.72. The predicted molar refractivity (Wildman–Crippen MR) is 117 cm³/mol. The number of carbonyl (C=O) groups excluding carboxylic acids is 4. The molecule has 4 atom stereocenters. The van der Waals surface area contributed by atoms with Crippen molar-refractivity contribution in [2.24, 2.45) is 23.1 Å². The van der Waals surface area contributed by atoms with Gasteiger partial charge in [-0.2, -0.15) is 12.6 Å². The van der Waals surface area contributed by atoms with Crippen LogP contribution in [0.25, 0.3) is 0 Å². The van der Waals surface area contributed by atoms with E-state index in [1.54, 1.807) is 13.8 Å². The summed E-state index contributed by atoms with van der Waals surface area (Å²) in [6.07, 6.45) is 0.697. The number of primary amides is 1. The Morgan fingerprint density at radius 1 is 0.903 bits per heavy atom. The van der Waals surface area contributed by atoms with Crippen LogP contribution in [0.2, 0.25) is 0 Å². The molecule has 0 heterocycles. The first-order chi connectivity index (χ1) is 14.4. The lowest BCUT2D eigenvalue weighted by Gasteiger charge is -2.25. The first kappa shape index (κ1) is 28.6. The smallest absolute Gasteiger partial charge is 0.327 e. The third-order valence-corrected chi connectivity index (χ3v) is 4.80. The minimum Gasteiger partial charge on any atom is -0.480 e. The van der Waals surface area contributed by atoms with Crippen LogP contribution >= 0.6 is 12.6 Å². The van der Waals surface area contributed by atoms with Gasteiger partial charge in [-0.05, 0) is 31.7 Å². The molecule has 12 nitrogen and oxygen atoms in total. The standard InChI is InChI=1S/C18H34N6O6S/c1-9(2)14(21)17(28)23-11(7-13(20)25)16(27)22-10(5-3-4-6-19)15(26)24-12(8-31)18(29)30/h9-12,14,31H,3-8,19,21H2,1-2H3,(H2,20,25)(H,22,27)(H,23,28)(H,24,26)(H,29,30). The van der Waals surface area contributed by atoms with E-state index < -0.39 is 60.2 Å². The molecule has 31 heavy (non-hydrogen) atoms. The molecule has 0 aliphatic heterocycles. The second-order valence-corrected chi connectivity index (χ2v) is 7.79. The van der Waals surface area contributed by atoms with Crippen molar-refractivity contribution in [1.29, 1.82) is 0 Å². The Kier molecular flexibility index (Phi) is 13.5. The first-order valence-electron chi connectivity index (χ1n) is 9.93. The van der Waals surface area contributed by atoms with Gasteiger partial charge in [0.05, 0.1) is 12.5 Å². The average molecular weight is 463 g/mol. The lowest BCUT2D eigenvalue weighted by Crippen LogP contribution is -2.58. The normalized spacial score (nSPS) is 14.8. The molecule has 0 aromatic carbocycles.